The second-order valence-electron chi connectivity index (χ2n) is 11.7. The van der Waals surface area contributed by atoms with Crippen molar-refractivity contribution in [1.82, 2.24) is 24.7 Å². The monoisotopic (exact) mass is 653 g/mol. The van der Waals surface area contributed by atoms with Gasteiger partial charge >= 0.3 is 0 Å². The van der Waals surface area contributed by atoms with Crippen molar-refractivity contribution in [2.45, 2.75) is 11.3 Å². The molecule has 2 aromatic carbocycles. The lowest BCUT2D eigenvalue weighted by atomic mass is 10.1. The third-order valence-electron chi connectivity index (χ3n) is 8.58. The minimum atomic E-state index is -3.24. The number of sulfone groups is 1. The van der Waals surface area contributed by atoms with Crippen molar-refractivity contribution in [2.75, 3.05) is 96.1 Å². The molecule has 2 fully saturated rings. The van der Waals surface area contributed by atoms with Crippen LogP contribution in [0.25, 0.3) is 21.9 Å². The molecule has 2 saturated heterocycles. The summed E-state index contributed by atoms with van der Waals surface area (Å²) in [4.78, 5) is 21.0. The van der Waals surface area contributed by atoms with E-state index in [-0.39, 0.29) is 4.90 Å². The van der Waals surface area contributed by atoms with E-state index in [1.54, 1.807) is 37.7 Å². The molecule has 14 heteroatoms. The molecule has 4 heterocycles. The van der Waals surface area contributed by atoms with Crippen LogP contribution in [-0.4, -0.2) is 124 Å². The van der Waals surface area contributed by atoms with Crippen molar-refractivity contribution < 1.29 is 22.9 Å². The highest BCUT2D eigenvalue weighted by Crippen LogP contribution is 2.38. The van der Waals surface area contributed by atoms with Crippen molar-refractivity contribution in [3.63, 3.8) is 0 Å². The summed E-state index contributed by atoms with van der Waals surface area (Å²) >= 11 is 5.68. The first-order valence-corrected chi connectivity index (χ1v) is 17.5. The van der Waals surface area contributed by atoms with E-state index < -0.39 is 9.84 Å². The summed E-state index contributed by atoms with van der Waals surface area (Å²) in [5.41, 5.74) is 2.49. The van der Waals surface area contributed by atoms with Gasteiger partial charge in [-0.25, -0.2) is 13.4 Å². The van der Waals surface area contributed by atoms with Gasteiger partial charge in [-0.1, -0.05) is 4.98 Å². The van der Waals surface area contributed by atoms with E-state index in [0.717, 1.165) is 105 Å². The maximum Gasteiger partial charge on any atom is 0.234 e. The first kappa shape index (κ1) is 31.3. The van der Waals surface area contributed by atoms with E-state index >= 15 is 0 Å². The van der Waals surface area contributed by atoms with Gasteiger partial charge in [0.1, 0.15) is 5.39 Å². The third-order valence-corrected chi connectivity index (χ3v) is 10.1. The number of H-pyrrole nitrogens is 2. The zero-order chi connectivity index (χ0) is 31.6. The molecule has 2 aliphatic heterocycles. The second kappa shape index (κ2) is 13.3. The lowest BCUT2D eigenvalue weighted by Crippen LogP contribution is -2.51. The van der Waals surface area contributed by atoms with E-state index in [2.05, 4.69) is 46.9 Å². The maximum absolute atomic E-state index is 11.8. The van der Waals surface area contributed by atoms with E-state index in [1.165, 1.54) is 6.26 Å². The number of benzene rings is 2. The number of thiocarbonyl (C=S) groups is 1. The average molecular weight is 654 g/mol. The molecule has 0 saturated carbocycles. The minimum Gasteiger partial charge on any atom is -0.493 e. The number of likely N-dealkylation sites (N-methyl/N-ethyl adjacent to an activating group) is 1. The number of nitrogens with zero attached hydrogens (tertiary/aromatic N) is 5. The first-order valence-electron chi connectivity index (χ1n) is 15.2. The van der Waals surface area contributed by atoms with Gasteiger partial charge in [0.2, 0.25) is 17.8 Å². The average Bonchev–Trinajstić information content (AvgIpc) is 3.41. The fourth-order valence-corrected chi connectivity index (χ4v) is 6.87. The Kier molecular flexibility index (Phi) is 9.26. The Hall–Kier alpha value is -3.72. The predicted octanol–water partition coefficient (Wildman–Crippen LogP) is 2.48. The Morgan fingerprint density at radius 2 is 1.78 bits per heavy atom. The number of fused-ring (bicyclic) bond motifs is 3. The van der Waals surface area contributed by atoms with Gasteiger partial charge in [-0.15, -0.1) is 0 Å². The van der Waals surface area contributed by atoms with Crippen molar-refractivity contribution in [1.29, 1.82) is 0 Å². The van der Waals surface area contributed by atoms with E-state index in [9.17, 15) is 8.42 Å². The number of ether oxygens (including phenoxy) is 2. The van der Waals surface area contributed by atoms with Crippen LogP contribution in [-0.2, 0) is 9.84 Å². The molecule has 0 atom stereocenters. The molecule has 12 nitrogen and oxygen atoms in total. The molecule has 0 radical (unpaired) electrons. The highest BCUT2D eigenvalue weighted by Gasteiger charge is 2.28. The molecule has 2 aliphatic rings. The number of aromatic nitrogens is 3. The fourth-order valence-electron chi connectivity index (χ4n) is 5.94. The topological polar surface area (TPSA) is 120 Å². The van der Waals surface area contributed by atoms with Crippen LogP contribution in [0.15, 0.2) is 47.6 Å². The smallest absolute Gasteiger partial charge is 0.234 e. The van der Waals surface area contributed by atoms with Gasteiger partial charge in [0.05, 0.1) is 50.3 Å². The molecule has 0 spiro atoms. The standard InChI is InChI=1S/C31H40N8O4S2/c1-36-10-12-37(13-11-36)9-4-18-43-27-20-25-24(19-26(27)42-2)28-29(35-25)32-21-33-30(28)38-14-16-39(17-15-38)31(44)34-22-5-7-23(8-6-22)45(3,40)41/h5-8,19-21H,4,9-18H2,1-3H3,(H,34,44)(H,32,33,35)/p+1. The summed E-state index contributed by atoms with van der Waals surface area (Å²) in [5, 5.41) is 5.87. The van der Waals surface area contributed by atoms with Crippen LogP contribution in [0.4, 0.5) is 11.5 Å². The number of nitrogens with one attached hydrogen (secondary N) is 3. The van der Waals surface area contributed by atoms with Crippen molar-refractivity contribution in [3.05, 3.63) is 42.7 Å². The van der Waals surface area contributed by atoms with Gasteiger partial charge in [0, 0.05) is 56.1 Å². The molecule has 0 unspecified atom stereocenters. The lowest BCUT2D eigenvalue weighted by molar-refractivity contribution is -0.367. The van der Waals surface area contributed by atoms with Crippen LogP contribution in [0.5, 0.6) is 11.5 Å². The van der Waals surface area contributed by atoms with Crippen LogP contribution in [0.1, 0.15) is 6.42 Å². The Morgan fingerprint density at radius 1 is 1.04 bits per heavy atom. The zero-order valence-electron chi connectivity index (χ0n) is 26.0. The van der Waals surface area contributed by atoms with Crippen LogP contribution >= 0.6 is 12.2 Å². The fraction of sp³-hybridized carbons (Fsp3) is 0.452. The Morgan fingerprint density at radius 3 is 2.47 bits per heavy atom. The van der Waals surface area contributed by atoms with Gasteiger partial charge < -0.3 is 34.5 Å². The number of hydrogen-bond acceptors (Lipinski definition) is 9. The SMILES string of the molecule is COc1cc2c(cc1OCCCN1CCN(C)CC1)[nH]c1nc[nH+]c(N3CCN(C(=S)Nc4ccc(S(C)(=O)=O)cc4)CC3)c12. The lowest BCUT2D eigenvalue weighted by Gasteiger charge is -2.34. The van der Waals surface area contributed by atoms with Gasteiger partial charge in [-0.3, -0.25) is 4.90 Å². The van der Waals surface area contributed by atoms with E-state index in [0.29, 0.717) is 17.5 Å². The van der Waals surface area contributed by atoms with E-state index in [1.807, 2.05) is 12.1 Å². The predicted molar refractivity (Wildman–Crippen MR) is 180 cm³/mol. The zero-order valence-corrected chi connectivity index (χ0v) is 27.6. The Labute approximate surface area is 269 Å². The molecule has 45 heavy (non-hydrogen) atoms. The number of methoxy groups -OCH3 is 1. The molecule has 0 bridgehead atoms. The summed E-state index contributed by atoms with van der Waals surface area (Å²) in [6, 6.07) is 10.7. The summed E-state index contributed by atoms with van der Waals surface area (Å²) in [6.07, 6.45) is 3.88. The van der Waals surface area contributed by atoms with Crippen LogP contribution < -0.4 is 24.7 Å². The molecule has 6 rings (SSSR count). The summed E-state index contributed by atoms with van der Waals surface area (Å²) in [5.74, 6) is 2.41. The largest absolute Gasteiger partial charge is 0.493 e. The second-order valence-corrected chi connectivity index (χ2v) is 14.1. The van der Waals surface area contributed by atoms with Crippen LogP contribution in [0.3, 0.4) is 0 Å². The molecule has 0 aliphatic carbocycles. The number of anilines is 2. The Bertz CT molecular complexity index is 1760. The third kappa shape index (κ3) is 7.08. The summed E-state index contributed by atoms with van der Waals surface area (Å²) in [7, 11) is 0.605. The molecular weight excluding hydrogens is 613 g/mol. The highest BCUT2D eigenvalue weighted by atomic mass is 32.2. The first-order chi connectivity index (χ1) is 21.7. The molecule has 0 amide bonds. The highest BCUT2D eigenvalue weighted by molar-refractivity contribution is 7.90. The molecule has 3 N–H and O–H groups in total. The molecule has 4 aromatic rings. The molecular formula is C31H41N8O4S2+. The van der Waals surface area contributed by atoms with Crippen LogP contribution in [0, 0.1) is 0 Å². The van der Waals surface area contributed by atoms with Crippen molar-refractivity contribution in [3.8, 4) is 11.5 Å². The summed E-state index contributed by atoms with van der Waals surface area (Å²) in [6.45, 7) is 9.05. The number of piperazine rings is 2. The van der Waals surface area contributed by atoms with Crippen molar-refractivity contribution in [2.24, 2.45) is 0 Å². The van der Waals surface area contributed by atoms with Gasteiger partial charge in [-0.05, 0) is 56.0 Å². The number of rotatable bonds is 9. The van der Waals surface area contributed by atoms with Gasteiger partial charge in [0.25, 0.3) is 0 Å². The van der Waals surface area contributed by atoms with Gasteiger partial charge in [0.15, 0.2) is 26.4 Å². The van der Waals surface area contributed by atoms with Crippen LogP contribution in [0.2, 0.25) is 0 Å². The molecule has 240 valence electrons. The summed E-state index contributed by atoms with van der Waals surface area (Å²) < 4.78 is 35.5. The quantitative estimate of drug-likeness (QED) is 0.205. The molecule has 2 aromatic heterocycles. The van der Waals surface area contributed by atoms with Crippen molar-refractivity contribution >= 4 is 60.6 Å². The number of hydrogen-bond donors (Lipinski definition) is 2. The Balaban J connectivity index is 1.11. The minimum absolute atomic E-state index is 0.280. The maximum atomic E-state index is 11.8. The van der Waals surface area contributed by atoms with Gasteiger partial charge in [-0.2, -0.15) is 0 Å². The number of aromatic amines is 2. The van der Waals surface area contributed by atoms with E-state index in [4.69, 9.17) is 21.7 Å². The normalized spacial score (nSPS) is 16.8.